The Kier molecular flexibility index (Phi) is 5.59. The molecule has 1 fully saturated rings. The number of rotatable bonds is 5. The summed E-state index contributed by atoms with van der Waals surface area (Å²) in [5.74, 6) is 1.48. The molecule has 2 aromatic rings. The number of ether oxygens (including phenoxy) is 1. The Morgan fingerprint density at radius 2 is 1.88 bits per heavy atom. The fourth-order valence-electron chi connectivity index (χ4n) is 2.67. The van der Waals surface area contributed by atoms with E-state index >= 15 is 0 Å². The van der Waals surface area contributed by atoms with E-state index in [1.54, 1.807) is 13.3 Å². The van der Waals surface area contributed by atoms with Crippen molar-refractivity contribution in [3.05, 3.63) is 48.7 Å². The highest BCUT2D eigenvalue weighted by Crippen LogP contribution is 2.21. The number of piperazine rings is 1. The van der Waals surface area contributed by atoms with Crippen LogP contribution in [-0.2, 0) is 4.79 Å². The van der Waals surface area contributed by atoms with Gasteiger partial charge in [-0.05, 0) is 36.4 Å². The summed E-state index contributed by atoms with van der Waals surface area (Å²) in [4.78, 5) is 20.8. The Balaban J connectivity index is 1.48. The zero-order valence-corrected chi connectivity index (χ0v) is 14.5. The van der Waals surface area contributed by atoms with Gasteiger partial charge in [-0.25, -0.2) is 4.98 Å². The van der Waals surface area contributed by atoms with Gasteiger partial charge in [-0.15, -0.1) is 0 Å². The number of amides is 1. The van der Waals surface area contributed by atoms with Crippen molar-refractivity contribution in [3.8, 4) is 5.75 Å². The molecule has 0 atom stereocenters. The summed E-state index contributed by atoms with van der Waals surface area (Å²) in [5.41, 5.74) is 1.17. The SMILES string of the molecule is COc1ccc(N2CCN(C(=O)CSc3ccccn3)CC2)cc1. The second-order valence-corrected chi connectivity index (χ2v) is 6.52. The van der Waals surface area contributed by atoms with Crippen LogP contribution < -0.4 is 9.64 Å². The van der Waals surface area contributed by atoms with E-state index in [2.05, 4.69) is 22.0 Å². The predicted molar refractivity (Wildman–Crippen MR) is 96.7 cm³/mol. The van der Waals surface area contributed by atoms with Gasteiger partial charge in [0.15, 0.2) is 0 Å². The molecule has 0 N–H and O–H groups in total. The second-order valence-electron chi connectivity index (χ2n) is 5.52. The first-order chi connectivity index (χ1) is 11.8. The minimum atomic E-state index is 0.181. The van der Waals surface area contributed by atoms with Gasteiger partial charge in [-0.3, -0.25) is 4.79 Å². The molecule has 1 saturated heterocycles. The van der Waals surface area contributed by atoms with Gasteiger partial charge in [0.2, 0.25) is 5.91 Å². The lowest BCUT2D eigenvalue weighted by atomic mass is 10.2. The van der Waals surface area contributed by atoms with Crippen LogP contribution in [0, 0.1) is 0 Å². The number of thioether (sulfide) groups is 1. The summed E-state index contributed by atoms with van der Waals surface area (Å²) in [5, 5.41) is 0.891. The lowest BCUT2D eigenvalue weighted by Gasteiger charge is -2.36. The Morgan fingerprint density at radius 1 is 1.12 bits per heavy atom. The smallest absolute Gasteiger partial charge is 0.233 e. The van der Waals surface area contributed by atoms with Crippen LogP contribution in [0.3, 0.4) is 0 Å². The topological polar surface area (TPSA) is 45.7 Å². The Hall–Kier alpha value is -2.21. The quantitative estimate of drug-likeness (QED) is 0.781. The van der Waals surface area contributed by atoms with Crippen LogP contribution in [0.2, 0.25) is 0 Å². The van der Waals surface area contributed by atoms with Crippen molar-refractivity contribution in [2.24, 2.45) is 0 Å². The van der Waals surface area contributed by atoms with E-state index in [1.807, 2.05) is 35.2 Å². The van der Waals surface area contributed by atoms with Crippen LogP contribution in [0.1, 0.15) is 0 Å². The summed E-state index contributed by atoms with van der Waals surface area (Å²) >= 11 is 1.49. The molecule has 1 aliphatic rings. The standard InChI is InChI=1S/C18H21N3O2S/c1-23-16-7-5-15(6-8-16)20-10-12-21(13-11-20)18(22)14-24-17-4-2-3-9-19-17/h2-9H,10-14H2,1H3. The minimum Gasteiger partial charge on any atom is -0.497 e. The molecule has 5 nitrogen and oxygen atoms in total. The average molecular weight is 343 g/mol. The van der Waals surface area contributed by atoms with Gasteiger partial charge in [-0.2, -0.15) is 0 Å². The van der Waals surface area contributed by atoms with Gasteiger partial charge < -0.3 is 14.5 Å². The zero-order valence-electron chi connectivity index (χ0n) is 13.7. The van der Waals surface area contributed by atoms with E-state index < -0.39 is 0 Å². The van der Waals surface area contributed by atoms with Gasteiger partial charge in [-0.1, -0.05) is 17.8 Å². The van der Waals surface area contributed by atoms with Crippen molar-refractivity contribution in [2.45, 2.75) is 5.03 Å². The molecule has 1 amide bonds. The van der Waals surface area contributed by atoms with Gasteiger partial charge in [0.05, 0.1) is 17.9 Å². The first kappa shape index (κ1) is 16.6. The van der Waals surface area contributed by atoms with Crippen LogP contribution in [0.15, 0.2) is 53.7 Å². The van der Waals surface area contributed by atoms with Crippen molar-refractivity contribution in [3.63, 3.8) is 0 Å². The fraction of sp³-hybridized carbons (Fsp3) is 0.333. The third-order valence-corrected chi connectivity index (χ3v) is 4.98. The summed E-state index contributed by atoms with van der Waals surface area (Å²) in [6, 6.07) is 13.8. The highest BCUT2D eigenvalue weighted by atomic mass is 32.2. The van der Waals surface area contributed by atoms with Crippen LogP contribution in [0.25, 0.3) is 0 Å². The zero-order chi connectivity index (χ0) is 16.8. The van der Waals surface area contributed by atoms with Gasteiger partial charge in [0.25, 0.3) is 0 Å². The number of nitrogens with zero attached hydrogens (tertiary/aromatic N) is 3. The number of carbonyl (C=O) groups is 1. The van der Waals surface area contributed by atoms with E-state index in [0.29, 0.717) is 5.75 Å². The molecule has 3 rings (SSSR count). The minimum absolute atomic E-state index is 0.181. The molecule has 126 valence electrons. The van der Waals surface area contributed by atoms with E-state index in [1.165, 1.54) is 17.4 Å². The lowest BCUT2D eigenvalue weighted by molar-refractivity contribution is -0.128. The van der Waals surface area contributed by atoms with Crippen LogP contribution in [-0.4, -0.2) is 54.8 Å². The van der Waals surface area contributed by atoms with Crippen LogP contribution >= 0.6 is 11.8 Å². The van der Waals surface area contributed by atoms with Gasteiger partial charge in [0, 0.05) is 38.1 Å². The maximum Gasteiger partial charge on any atom is 0.233 e. The van der Waals surface area contributed by atoms with Crippen molar-refractivity contribution in [1.29, 1.82) is 0 Å². The van der Waals surface area contributed by atoms with E-state index in [9.17, 15) is 4.79 Å². The number of carbonyl (C=O) groups excluding carboxylic acids is 1. The van der Waals surface area contributed by atoms with Crippen molar-refractivity contribution in [2.75, 3.05) is 43.9 Å². The normalized spacial score (nSPS) is 14.5. The molecule has 0 radical (unpaired) electrons. The summed E-state index contributed by atoms with van der Waals surface area (Å²) in [7, 11) is 1.67. The second kappa shape index (κ2) is 8.06. The highest BCUT2D eigenvalue weighted by molar-refractivity contribution is 7.99. The third kappa shape index (κ3) is 4.20. The largest absolute Gasteiger partial charge is 0.497 e. The molecule has 0 saturated carbocycles. The first-order valence-corrected chi connectivity index (χ1v) is 8.95. The highest BCUT2D eigenvalue weighted by Gasteiger charge is 2.21. The number of methoxy groups -OCH3 is 1. The van der Waals surface area contributed by atoms with Crippen LogP contribution in [0.4, 0.5) is 5.69 Å². The molecule has 24 heavy (non-hydrogen) atoms. The fourth-order valence-corrected chi connectivity index (χ4v) is 3.43. The average Bonchev–Trinajstić information content (AvgIpc) is 2.67. The number of hydrogen-bond donors (Lipinski definition) is 0. The molecule has 1 aliphatic heterocycles. The molecule has 0 spiro atoms. The number of aromatic nitrogens is 1. The summed E-state index contributed by atoms with van der Waals surface area (Å²) in [6.45, 7) is 3.22. The maximum absolute atomic E-state index is 12.3. The Morgan fingerprint density at radius 3 is 2.50 bits per heavy atom. The van der Waals surface area contributed by atoms with Crippen molar-refractivity contribution in [1.82, 2.24) is 9.88 Å². The molecule has 2 heterocycles. The first-order valence-electron chi connectivity index (χ1n) is 7.97. The Labute approximate surface area is 146 Å². The molecule has 0 unspecified atom stereocenters. The summed E-state index contributed by atoms with van der Waals surface area (Å²) in [6.07, 6.45) is 1.75. The molecule has 6 heteroatoms. The number of pyridine rings is 1. The molecule has 1 aromatic carbocycles. The number of anilines is 1. The van der Waals surface area contributed by atoms with E-state index in [4.69, 9.17) is 4.74 Å². The van der Waals surface area contributed by atoms with Gasteiger partial charge >= 0.3 is 0 Å². The number of benzene rings is 1. The number of hydrogen-bond acceptors (Lipinski definition) is 5. The van der Waals surface area contributed by atoms with Crippen LogP contribution in [0.5, 0.6) is 5.75 Å². The molecular formula is C18H21N3O2S. The predicted octanol–water partition coefficient (Wildman–Crippen LogP) is 2.53. The monoisotopic (exact) mass is 343 g/mol. The third-order valence-electron chi connectivity index (χ3n) is 4.05. The van der Waals surface area contributed by atoms with E-state index in [-0.39, 0.29) is 5.91 Å². The molecular weight excluding hydrogens is 322 g/mol. The van der Waals surface area contributed by atoms with E-state index in [0.717, 1.165) is 37.0 Å². The maximum atomic E-state index is 12.3. The Bertz CT molecular complexity index is 656. The van der Waals surface area contributed by atoms with Gasteiger partial charge in [0.1, 0.15) is 5.75 Å². The molecule has 1 aromatic heterocycles. The lowest BCUT2D eigenvalue weighted by Crippen LogP contribution is -2.49. The summed E-state index contributed by atoms with van der Waals surface area (Å²) < 4.78 is 5.19. The molecule has 0 aliphatic carbocycles. The molecule has 0 bridgehead atoms. The van der Waals surface area contributed by atoms with Crippen molar-refractivity contribution < 1.29 is 9.53 Å². The van der Waals surface area contributed by atoms with Crippen molar-refractivity contribution >= 4 is 23.4 Å².